The average Bonchev–Trinajstić information content (AvgIpc) is 2.03. The Labute approximate surface area is 90.9 Å². The minimum absolute atomic E-state index is 1.33. The number of rotatable bonds is 0. The molecule has 0 aliphatic rings. The van der Waals surface area contributed by atoms with Crippen molar-refractivity contribution < 1.29 is 9.90 Å². The molecule has 1 rings (SSSR count). The van der Waals surface area contributed by atoms with Crippen LogP contribution in [0.4, 0.5) is 4.79 Å². The van der Waals surface area contributed by atoms with Crippen LogP contribution in [0.1, 0.15) is 16.7 Å². The summed E-state index contributed by atoms with van der Waals surface area (Å²) in [5.41, 5.74) is 12.6. The molecule has 0 aromatic heterocycles. The van der Waals surface area contributed by atoms with E-state index in [9.17, 15) is 0 Å². The molecule has 0 aliphatic carbocycles. The third-order valence-corrected chi connectivity index (χ3v) is 1.37. The minimum atomic E-state index is -1.33. The van der Waals surface area contributed by atoms with Gasteiger partial charge in [-0.05, 0) is 27.8 Å². The Morgan fingerprint density at radius 3 is 1.27 bits per heavy atom. The maximum atomic E-state index is 8.78. The van der Waals surface area contributed by atoms with Gasteiger partial charge in [0.25, 0.3) is 0 Å². The summed E-state index contributed by atoms with van der Waals surface area (Å²) in [6.45, 7) is 6.38. The second-order valence-electron chi connectivity index (χ2n) is 3.00. The van der Waals surface area contributed by atoms with E-state index in [-0.39, 0.29) is 0 Å². The molecule has 1 aromatic rings. The quantitative estimate of drug-likeness (QED) is 0.612. The zero-order chi connectivity index (χ0) is 12.4. The molecular formula is C11H20N2O2. The number of carbonyl (C=O) groups is 1. The van der Waals surface area contributed by atoms with E-state index in [0.717, 1.165) is 0 Å². The SMILES string of the molecule is CN.Cc1cc(C)cc(C)c1.NC(=O)O. The van der Waals surface area contributed by atoms with Crippen molar-refractivity contribution in [3.05, 3.63) is 34.9 Å². The lowest BCUT2D eigenvalue weighted by Gasteiger charge is -1.96. The van der Waals surface area contributed by atoms with E-state index in [1.807, 2.05) is 0 Å². The van der Waals surface area contributed by atoms with Crippen LogP contribution in [0.5, 0.6) is 0 Å². The summed E-state index contributed by atoms with van der Waals surface area (Å²) < 4.78 is 0. The molecule has 0 atom stereocenters. The number of hydrogen-bond acceptors (Lipinski definition) is 2. The van der Waals surface area contributed by atoms with Gasteiger partial charge in [0.1, 0.15) is 0 Å². The molecule has 0 unspecified atom stereocenters. The number of primary amides is 1. The molecule has 0 saturated heterocycles. The Kier molecular flexibility index (Phi) is 9.57. The second-order valence-corrected chi connectivity index (χ2v) is 3.00. The van der Waals surface area contributed by atoms with E-state index in [4.69, 9.17) is 9.90 Å². The van der Waals surface area contributed by atoms with Crippen LogP contribution in [0.25, 0.3) is 0 Å². The molecular weight excluding hydrogens is 192 g/mol. The molecule has 5 N–H and O–H groups in total. The van der Waals surface area contributed by atoms with Gasteiger partial charge in [0.15, 0.2) is 0 Å². The van der Waals surface area contributed by atoms with Crippen LogP contribution in [-0.2, 0) is 0 Å². The van der Waals surface area contributed by atoms with Crippen LogP contribution in [0, 0.1) is 20.8 Å². The van der Waals surface area contributed by atoms with Crippen LogP contribution < -0.4 is 11.5 Å². The molecule has 86 valence electrons. The summed E-state index contributed by atoms with van der Waals surface area (Å²) in [4.78, 5) is 8.78. The Morgan fingerprint density at radius 1 is 1.00 bits per heavy atom. The second kappa shape index (κ2) is 9.02. The van der Waals surface area contributed by atoms with Gasteiger partial charge in [0.2, 0.25) is 0 Å². The number of carboxylic acid groups (broad SMARTS) is 1. The van der Waals surface area contributed by atoms with Crippen LogP contribution in [0.2, 0.25) is 0 Å². The maximum Gasteiger partial charge on any atom is 0.402 e. The lowest BCUT2D eigenvalue weighted by Crippen LogP contribution is -2.03. The van der Waals surface area contributed by atoms with Gasteiger partial charge in [-0.25, -0.2) is 4.79 Å². The van der Waals surface area contributed by atoms with Crippen LogP contribution in [0.15, 0.2) is 18.2 Å². The predicted octanol–water partition coefficient (Wildman–Crippen LogP) is 1.81. The maximum absolute atomic E-state index is 8.78. The zero-order valence-corrected chi connectivity index (χ0v) is 9.74. The molecule has 0 bridgehead atoms. The van der Waals surface area contributed by atoms with Crippen LogP contribution in [0.3, 0.4) is 0 Å². The first-order valence-corrected chi connectivity index (χ1v) is 4.53. The highest BCUT2D eigenvalue weighted by Crippen LogP contribution is 2.06. The molecule has 0 fully saturated rings. The number of aryl methyl sites for hydroxylation is 3. The largest absolute Gasteiger partial charge is 0.465 e. The summed E-state index contributed by atoms with van der Waals surface area (Å²) in [5.74, 6) is 0. The molecule has 0 heterocycles. The highest BCUT2D eigenvalue weighted by molar-refractivity contribution is 5.61. The third kappa shape index (κ3) is 12.4. The lowest BCUT2D eigenvalue weighted by atomic mass is 10.1. The average molecular weight is 212 g/mol. The van der Waals surface area contributed by atoms with E-state index in [2.05, 4.69) is 50.4 Å². The van der Waals surface area contributed by atoms with Gasteiger partial charge in [-0.2, -0.15) is 0 Å². The van der Waals surface area contributed by atoms with Gasteiger partial charge in [0, 0.05) is 0 Å². The number of benzene rings is 1. The summed E-state index contributed by atoms with van der Waals surface area (Å²) in [6.07, 6.45) is -1.33. The number of nitrogens with two attached hydrogens (primary N) is 2. The lowest BCUT2D eigenvalue weighted by molar-refractivity contribution is 0.205. The van der Waals surface area contributed by atoms with Crippen molar-refractivity contribution >= 4 is 6.09 Å². The van der Waals surface area contributed by atoms with Crippen molar-refractivity contribution in [3.8, 4) is 0 Å². The van der Waals surface area contributed by atoms with Crippen molar-refractivity contribution in [2.45, 2.75) is 20.8 Å². The Morgan fingerprint density at radius 2 is 1.13 bits per heavy atom. The fourth-order valence-corrected chi connectivity index (χ4v) is 1.20. The fourth-order valence-electron chi connectivity index (χ4n) is 1.20. The van der Waals surface area contributed by atoms with Gasteiger partial charge in [-0.15, -0.1) is 0 Å². The molecule has 15 heavy (non-hydrogen) atoms. The van der Waals surface area contributed by atoms with E-state index >= 15 is 0 Å². The molecule has 4 nitrogen and oxygen atoms in total. The first kappa shape index (κ1) is 15.9. The first-order valence-electron chi connectivity index (χ1n) is 4.53. The molecule has 1 aromatic carbocycles. The Balaban J connectivity index is 0. The van der Waals surface area contributed by atoms with Crippen molar-refractivity contribution in [2.24, 2.45) is 11.5 Å². The van der Waals surface area contributed by atoms with Crippen molar-refractivity contribution in [1.29, 1.82) is 0 Å². The van der Waals surface area contributed by atoms with Crippen molar-refractivity contribution in [3.63, 3.8) is 0 Å². The van der Waals surface area contributed by atoms with E-state index in [0.29, 0.717) is 0 Å². The minimum Gasteiger partial charge on any atom is -0.465 e. The first-order chi connectivity index (χ1) is 6.91. The van der Waals surface area contributed by atoms with Crippen LogP contribution in [-0.4, -0.2) is 18.2 Å². The highest BCUT2D eigenvalue weighted by atomic mass is 16.4. The molecule has 4 heteroatoms. The summed E-state index contributed by atoms with van der Waals surface area (Å²) in [7, 11) is 1.50. The molecule has 0 spiro atoms. The van der Waals surface area contributed by atoms with E-state index < -0.39 is 6.09 Å². The molecule has 0 aliphatic heterocycles. The summed E-state index contributed by atoms with van der Waals surface area (Å²) >= 11 is 0. The smallest absolute Gasteiger partial charge is 0.402 e. The normalized spacial score (nSPS) is 7.80. The number of amides is 1. The molecule has 0 saturated carbocycles. The summed E-state index contributed by atoms with van der Waals surface area (Å²) in [6, 6.07) is 6.56. The van der Waals surface area contributed by atoms with Crippen LogP contribution >= 0.6 is 0 Å². The van der Waals surface area contributed by atoms with Gasteiger partial charge in [-0.1, -0.05) is 34.9 Å². The van der Waals surface area contributed by atoms with Crippen molar-refractivity contribution in [2.75, 3.05) is 7.05 Å². The predicted molar refractivity (Wildman–Crippen MR) is 63.0 cm³/mol. The summed E-state index contributed by atoms with van der Waals surface area (Å²) in [5, 5.41) is 7.19. The molecule has 0 radical (unpaired) electrons. The van der Waals surface area contributed by atoms with Gasteiger partial charge >= 0.3 is 6.09 Å². The number of hydrogen-bond donors (Lipinski definition) is 3. The Bertz CT molecular complexity index is 244. The topological polar surface area (TPSA) is 89.3 Å². The standard InChI is InChI=1S/C9H12.CH3NO2.CH5N/c1-7-4-8(2)6-9(3)5-7;2-1(3)4;1-2/h4-6H,1-3H3;2H2,(H,3,4);2H2,1H3. The third-order valence-electron chi connectivity index (χ3n) is 1.37. The highest BCUT2D eigenvalue weighted by Gasteiger charge is 1.87. The van der Waals surface area contributed by atoms with Gasteiger partial charge in [-0.3, -0.25) is 0 Å². The zero-order valence-electron chi connectivity index (χ0n) is 9.74. The van der Waals surface area contributed by atoms with E-state index in [1.165, 1.54) is 23.7 Å². The fraction of sp³-hybridized carbons (Fsp3) is 0.364. The van der Waals surface area contributed by atoms with Gasteiger partial charge in [0.05, 0.1) is 0 Å². The molecule has 1 amide bonds. The monoisotopic (exact) mass is 212 g/mol. The van der Waals surface area contributed by atoms with Crippen molar-refractivity contribution in [1.82, 2.24) is 0 Å². The van der Waals surface area contributed by atoms with E-state index in [1.54, 1.807) is 0 Å². The Hall–Kier alpha value is -1.55. The van der Waals surface area contributed by atoms with Gasteiger partial charge < -0.3 is 16.6 Å².